The van der Waals surface area contributed by atoms with Crippen molar-refractivity contribution < 1.29 is 0 Å². The van der Waals surface area contributed by atoms with E-state index in [9.17, 15) is 0 Å². The van der Waals surface area contributed by atoms with Gasteiger partial charge in [0.2, 0.25) is 0 Å². The van der Waals surface area contributed by atoms with Gasteiger partial charge in [0, 0.05) is 12.4 Å². The Balaban J connectivity index is 2.83. The number of hydrogen-bond acceptors (Lipinski definition) is 4. The molecule has 0 saturated carbocycles. The van der Waals surface area contributed by atoms with Gasteiger partial charge in [0.15, 0.2) is 5.16 Å². The molecule has 1 aromatic rings. The Morgan fingerprint density at radius 3 is 2.38 bits per heavy atom. The highest BCUT2D eigenvalue weighted by Gasteiger charge is 1.85. The molecule has 1 rings (SSSR count). The zero-order chi connectivity index (χ0) is 5.82. The normalized spacial score (nSPS) is 9.12. The van der Waals surface area contributed by atoms with Crippen LogP contribution in [0.2, 0.25) is 0 Å². The Morgan fingerprint density at radius 1 is 1.38 bits per heavy atom. The molecule has 4 heteroatoms. The van der Waals surface area contributed by atoms with Crippen molar-refractivity contribution in [2.45, 2.75) is 5.16 Å². The zero-order valence-corrected chi connectivity index (χ0v) is 5.69. The van der Waals surface area contributed by atoms with Gasteiger partial charge < -0.3 is 0 Å². The van der Waals surface area contributed by atoms with Crippen molar-refractivity contribution in [3.8, 4) is 0 Å². The summed E-state index contributed by atoms with van der Waals surface area (Å²) in [6.45, 7) is 0. The van der Waals surface area contributed by atoms with Crippen LogP contribution in [0.5, 0.6) is 0 Å². The molecule has 0 atom stereocenters. The number of rotatable bonds is 1. The fourth-order valence-corrected chi connectivity index (χ4v) is 0.831. The summed E-state index contributed by atoms with van der Waals surface area (Å²) in [6.07, 6.45) is 3.37. The number of nitrogens with zero attached hydrogens (tertiary/aromatic N) is 2. The maximum absolute atomic E-state index is 3.90. The molecule has 1 aromatic heterocycles. The topological polar surface area (TPSA) is 25.8 Å². The van der Waals surface area contributed by atoms with Crippen LogP contribution < -0.4 is 0 Å². The Kier molecular flexibility index (Phi) is 2.17. The van der Waals surface area contributed by atoms with E-state index >= 15 is 0 Å². The first-order valence-electron chi connectivity index (χ1n) is 2.02. The molecular weight excluding hydrogens is 140 g/mol. The maximum Gasteiger partial charge on any atom is 0.198 e. The monoisotopic (exact) mass is 144 g/mol. The van der Waals surface area contributed by atoms with Gasteiger partial charge in [-0.3, -0.25) is 0 Å². The summed E-state index contributed by atoms with van der Waals surface area (Å²) in [5.41, 5.74) is 0. The number of hydrogen-bond donors (Lipinski definition) is 1. The van der Waals surface area contributed by atoms with Gasteiger partial charge in [0.1, 0.15) is 0 Å². The van der Waals surface area contributed by atoms with Gasteiger partial charge in [-0.05, 0) is 16.9 Å². The molecule has 2 nitrogen and oxygen atoms in total. The van der Waals surface area contributed by atoms with Crippen LogP contribution in [0.25, 0.3) is 0 Å². The first kappa shape index (κ1) is 5.91. The molecule has 0 N–H and O–H groups in total. The van der Waals surface area contributed by atoms with Crippen LogP contribution in [-0.2, 0) is 0 Å². The molecule has 0 aliphatic carbocycles. The average molecular weight is 144 g/mol. The van der Waals surface area contributed by atoms with Gasteiger partial charge in [-0.1, -0.05) is 0 Å². The summed E-state index contributed by atoms with van der Waals surface area (Å²) in [6, 6.07) is 1.77. The van der Waals surface area contributed by atoms with E-state index in [1.807, 2.05) is 0 Å². The minimum atomic E-state index is 0.691. The van der Waals surface area contributed by atoms with Crippen molar-refractivity contribution in [1.29, 1.82) is 0 Å². The Labute approximate surface area is 56.5 Å². The molecule has 42 valence electrons. The second-order valence-corrected chi connectivity index (χ2v) is 2.22. The van der Waals surface area contributed by atoms with Crippen LogP contribution >= 0.6 is 22.5 Å². The van der Waals surface area contributed by atoms with Crippen LogP contribution in [-0.4, -0.2) is 9.97 Å². The van der Waals surface area contributed by atoms with Crippen LogP contribution in [0.1, 0.15) is 0 Å². The van der Waals surface area contributed by atoms with E-state index in [-0.39, 0.29) is 0 Å². The Hall–Kier alpha value is -0.220. The fourth-order valence-electron chi connectivity index (χ4n) is 0.333. The molecule has 0 aromatic carbocycles. The third-order valence-electron chi connectivity index (χ3n) is 0.624. The largest absolute Gasteiger partial charge is 0.230 e. The molecule has 0 unspecified atom stereocenters. The van der Waals surface area contributed by atoms with Crippen molar-refractivity contribution in [1.82, 2.24) is 9.97 Å². The van der Waals surface area contributed by atoms with E-state index in [1.165, 1.54) is 10.8 Å². The van der Waals surface area contributed by atoms with E-state index in [2.05, 4.69) is 21.6 Å². The van der Waals surface area contributed by atoms with E-state index in [0.717, 1.165) is 0 Å². The first-order valence-corrected chi connectivity index (χ1v) is 3.89. The molecule has 0 radical (unpaired) electrons. The second kappa shape index (κ2) is 2.94. The Morgan fingerprint density at radius 2 is 2.00 bits per heavy atom. The van der Waals surface area contributed by atoms with Gasteiger partial charge in [0.05, 0.1) is 0 Å². The Bertz CT molecular complexity index is 153. The van der Waals surface area contributed by atoms with Crippen molar-refractivity contribution in [3.05, 3.63) is 18.5 Å². The molecule has 0 fully saturated rings. The molecule has 0 saturated heterocycles. The van der Waals surface area contributed by atoms with Gasteiger partial charge >= 0.3 is 0 Å². The summed E-state index contributed by atoms with van der Waals surface area (Å²) in [5.74, 6) is 0. The van der Waals surface area contributed by atoms with Crippen LogP contribution in [0.15, 0.2) is 23.6 Å². The van der Waals surface area contributed by atoms with Gasteiger partial charge in [-0.2, -0.15) is 0 Å². The third-order valence-corrected chi connectivity index (χ3v) is 1.49. The molecule has 0 aliphatic heterocycles. The van der Waals surface area contributed by atoms with Gasteiger partial charge in [0.25, 0.3) is 0 Å². The van der Waals surface area contributed by atoms with Crippen molar-refractivity contribution in [2.75, 3.05) is 0 Å². The molecule has 8 heavy (non-hydrogen) atoms. The van der Waals surface area contributed by atoms with E-state index in [1.54, 1.807) is 18.5 Å². The summed E-state index contributed by atoms with van der Waals surface area (Å²) < 4.78 is 0. The molecule has 1 heterocycles. The highest BCUT2D eigenvalue weighted by Crippen LogP contribution is 2.13. The fraction of sp³-hybridized carbons (Fsp3) is 0. The predicted octanol–water partition coefficient (Wildman–Crippen LogP) is 1.41. The smallest absolute Gasteiger partial charge is 0.198 e. The predicted molar refractivity (Wildman–Crippen MR) is 36.9 cm³/mol. The lowest BCUT2D eigenvalue weighted by atomic mass is 10.7. The maximum atomic E-state index is 3.90. The minimum Gasteiger partial charge on any atom is -0.230 e. The van der Waals surface area contributed by atoms with Gasteiger partial charge in [-0.15, -0.1) is 11.7 Å². The summed E-state index contributed by atoms with van der Waals surface area (Å²) in [7, 11) is 1.24. The number of thiol groups is 1. The molecule has 0 aliphatic rings. The summed E-state index contributed by atoms with van der Waals surface area (Å²) in [5, 5.41) is 0.691. The lowest BCUT2D eigenvalue weighted by Gasteiger charge is -1.86. The van der Waals surface area contributed by atoms with Crippen molar-refractivity contribution >= 4 is 22.5 Å². The van der Waals surface area contributed by atoms with Crippen molar-refractivity contribution in [2.24, 2.45) is 0 Å². The number of aromatic nitrogens is 2. The average Bonchev–Trinajstić information content (AvgIpc) is 1.90. The first-order chi connectivity index (χ1) is 3.93. The molecule has 0 amide bonds. The minimum absolute atomic E-state index is 0.691. The SMILES string of the molecule is SSc1ncccn1. The third kappa shape index (κ3) is 1.38. The lowest BCUT2D eigenvalue weighted by Crippen LogP contribution is -1.77. The van der Waals surface area contributed by atoms with Gasteiger partial charge in [-0.25, -0.2) is 9.97 Å². The summed E-state index contributed by atoms with van der Waals surface area (Å²) >= 11 is 3.90. The van der Waals surface area contributed by atoms with E-state index in [4.69, 9.17) is 0 Å². The van der Waals surface area contributed by atoms with E-state index < -0.39 is 0 Å². The highest BCUT2D eigenvalue weighted by molar-refractivity contribution is 8.68. The van der Waals surface area contributed by atoms with E-state index in [0.29, 0.717) is 5.16 Å². The summed E-state index contributed by atoms with van der Waals surface area (Å²) in [4.78, 5) is 7.75. The van der Waals surface area contributed by atoms with Crippen LogP contribution in [0, 0.1) is 0 Å². The van der Waals surface area contributed by atoms with Crippen molar-refractivity contribution in [3.63, 3.8) is 0 Å². The molecular formula is C4H4N2S2. The second-order valence-electron chi connectivity index (χ2n) is 1.12. The highest BCUT2D eigenvalue weighted by atomic mass is 33.1. The molecule has 0 bridgehead atoms. The standard InChI is InChI=1S/C4H4N2S2/c7-8-4-5-2-1-3-6-4/h1-3,7H. The zero-order valence-electron chi connectivity index (χ0n) is 3.98. The lowest BCUT2D eigenvalue weighted by molar-refractivity contribution is 0.973. The van der Waals surface area contributed by atoms with Crippen LogP contribution in [0.4, 0.5) is 0 Å². The quantitative estimate of drug-likeness (QED) is 0.366. The molecule has 0 spiro atoms. The van der Waals surface area contributed by atoms with Crippen LogP contribution in [0.3, 0.4) is 0 Å².